The highest BCUT2D eigenvalue weighted by Gasteiger charge is 2.21. The van der Waals surface area contributed by atoms with Crippen LogP contribution in [0.1, 0.15) is 36.0 Å². The van der Waals surface area contributed by atoms with Crippen LogP contribution in [0.5, 0.6) is 0 Å². The van der Waals surface area contributed by atoms with Gasteiger partial charge in [0.15, 0.2) is 0 Å². The Bertz CT molecular complexity index is 643. The van der Waals surface area contributed by atoms with Crippen LogP contribution in [0.4, 0.5) is 5.69 Å². The third-order valence-corrected chi connectivity index (χ3v) is 4.59. The van der Waals surface area contributed by atoms with E-state index in [0.717, 1.165) is 31.4 Å². The first-order valence-electron chi connectivity index (χ1n) is 8.29. The number of terminal acetylenes is 1. The van der Waals surface area contributed by atoms with Gasteiger partial charge >= 0.3 is 0 Å². The second kappa shape index (κ2) is 8.35. The van der Waals surface area contributed by atoms with Crippen LogP contribution in [-0.2, 0) is 4.79 Å². The van der Waals surface area contributed by atoms with Crippen molar-refractivity contribution in [2.45, 2.75) is 25.7 Å². The molecule has 0 unspecified atom stereocenters. The first-order valence-corrected chi connectivity index (χ1v) is 8.29. The van der Waals surface area contributed by atoms with Crippen LogP contribution >= 0.6 is 0 Å². The van der Waals surface area contributed by atoms with Gasteiger partial charge in [-0.25, -0.2) is 0 Å². The van der Waals surface area contributed by atoms with E-state index in [-0.39, 0.29) is 11.8 Å². The Morgan fingerprint density at radius 2 is 2.08 bits per heavy atom. The molecule has 2 rings (SSSR count). The number of nitrogens with zero attached hydrogens (tertiary/aromatic N) is 1. The Hall–Kier alpha value is -2.54. The molecule has 1 aliphatic rings. The molecular formula is C20H24N2O2. The molecule has 0 radical (unpaired) electrons. The Morgan fingerprint density at radius 3 is 2.71 bits per heavy atom. The summed E-state index contributed by atoms with van der Waals surface area (Å²) in [6.45, 7) is 4.13. The van der Waals surface area contributed by atoms with Crippen molar-refractivity contribution in [3.63, 3.8) is 0 Å². The van der Waals surface area contributed by atoms with E-state index < -0.39 is 0 Å². The van der Waals surface area contributed by atoms with Gasteiger partial charge in [-0.15, -0.1) is 12.3 Å². The van der Waals surface area contributed by atoms with Crippen molar-refractivity contribution in [1.82, 2.24) is 5.32 Å². The minimum absolute atomic E-state index is 0.0953. The fourth-order valence-electron chi connectivity index (χ4n) is 3.07. The molecular weight excluding hydrogens is 300 g/mol. The van der Waals surface area contributed by atoms with E-state index in [0.29, 0.717) is 23.9 Å². The quantitative estimate of drug-likeness (QED) is 0.668. The van der Waals surface area contributed by atoms with Crippen molar-refractivity contribution in [3.8, 4) is 12.3 Å². The van der Waals surface area contributed by atoms with Crippen LogP contribution in [0.2, 0.25) is 0 Å². The monoisotopic (exact) mass is 324 g/mol. The zero-order valence-electron chi connectivity index (χ0n) is 14.1. The second-order valence-corrected chi connectivity index (χ2v) is 6.25. The third kappa shape index (κ3) is 4.48. The fraction of sp³-hybridized carbons (Fsp3) is 0.400. The van der Waals surface area contributed by atoms with E-state index in [1.807, 2.05) is 0 Å². The lowest BCUT2D eigenvalue weighted by molar-refractivity contribution is -0.113. The van der Waals surface area contributed by atoms with Gasteiger partial charge in [-0.3, -0.25) is 9.59 Å². The van der Waals surface area contributed by atoms with Crippen LogP contribution in [0, 0.1) is 24.2 Å². The summed E-state index contributed by atoms with van der Waals surface area (Å²) in [5.74, 6) is 3.35. The van der Waals surface area contributed by atoms with Gasteiger partial charge in [0.2, 0.25) is 5.91 Å². The molecule has 1 saturated carbocycles. The van der Waals surface area contributed by atoms with E-state index >= 15 is 0 Å². The number of carbonyl (C=O) groups excluding carboxylic acids is 2. The first-order chi connectivity index (χ1) is 11.5. The lowest BCUT2D eigenvalue weighted by Gasteiger charge is -2.26. The second-order valence-electron chi connectivity index (χ2n) is 6.25. The lowest BCUT2D eigenvalue weighted by atomic mass is 9.82. The van der Waals surface area contributed by atoms with Crippen molar-refractivity contribution in [1.29, 1.82) is 0 Å². The molecule has 0 aliphatic heterocycles. The minimum Gasteiger partial charge on any atom is -0.352 e. The van der Waals surface area contributed by atoms with Gasteiger partial charge in [0.25, 0.3) is 5.91 Å². The predicted molar refractivity (Wildman–Crippen MR) is 96.7 cm³/mol. The number of amides is 2. The number of anilines is 1. The Morgan fingerprint density at radius 1 is 1.38 bits per heavy atom. The van der Waals surface area contributed by atoms with Gasteiger partial charge in [-0.05, 0) is 55.5 Å². The number of nitrogens with one attached hydrogen (secondary N) is 1. The zero-order chi connectivity index (χ0) is 17.5. The summed E-state index contributed by atoms with van der Waals surface area (Å²) in [4.78, 5) is 25.3. The van der Waals surface area contributed by atoms with Crippen LogP contribution in [0.15, 0.2) is 36.9 Å². The molecule has 1 N–H and O–H groups in total. The van der Waals surface area contributed by atoms with Gasteiger partial charge in [-0.1, -0.05) is 13.0 Å². The van der Waals surface area contributed by atoms with Crippen molar-refractivity contribution in [2.24, 2.45) is 11.8 Å². The highest BCUT2D eigenvalue weighted by molar-refractivity contribution is 6.01. The fourth-order valence-corrected chi connectivity index (χ4v) is 3.07. The summed E-state index contributed by atoms with van der Waals surface area (Å²) in [7, 11) is 1.67. The highest BCUT2D eigenvalue weighted by atomic mass is 16.2. The van der Waals surface area contributed by atoms with Crippen LogP contribution < -0.4 is 10.2 Å². The summed E-state index contributed by atoms with van der Waals surface area (Å²) in [6.07, 6.45) is 11.1. The molecule has 4 nitrogen and oxygen atoms in total. The Kier molecular flexibility index (Phi) is 6.20. The first kappa shape index (κ1) is 17.8. The number of likely N-dealkylation sites (N-methyl/N-ethyl adjacent to an activating group) is 1. The number of hydrogen-bond acceptors (Lipinski definition) is 2. The maximum atomic E-state index is 12.3. The summed E-state index contributed by atoms with van der Waals surface area (Å²) >= 11 is 0. The van der Waals surface area contributed by atoms with Gasteiger partial charge < -0.3 is 10.2 Å². The van der Waals surface area contributed by atoms with E-state index in [1.165, 1.54) is 11.0 Å². The van der Waals surface area contributed by atoms with Crippen LogP contribution in [-0.4, -0.2) is 25.4 Å². The zero-order valence-corrected chi connectivity index (χ0v) is 14.1. The van der Waals surface area contributed by atoms with Gasteiger partial charge in [0.05, 0.1) is 0 Å². The molecule has 1 fully saturated rings. The Labute approximate surface area is 143 Å². The molecule has 1 aliphatic carbocycles. The number of benzene rings is 1. The molecule has 1 aromatic rings. The standard InChI is InChI=1S/C20H24N2O2/c1-4-15-7-6-8-16(13-15)14-21-20(24)17-9-11-18(12-10-17)22(3)19(23)5-2/h1,5,9-12,15-16H,2,6-8,13-14H2,3H3,(H,21,24)/t15-,16+/m0/s1. The summed E-state index contributed by atoms with van der Waals surface area (Å²) in [6, 6.07) is 6.96. The topological polar surface area (TPSA) is 49.4 Å². The molecule has 1 aromatic carbocycles. The van der Waals surface area contributed by atoms with Crippen LogP contribution in [0.3, 0.4) is 0 Å². The van der Waals surface area contributed by atoms with Crippen molar-refractivity contribution in [2.75, 3.05) is 18.5 Å². The lowest BCUT2D eigenvalue weighted by Crippen LogP contribution is -2.31. The summed E-state index contributed by atoms with van der Waals surface area (Å²) < 4.78 is 0. The van der Waals surface area contributed by atoms with Gasteiger partial charge in [-0.2, -0.15) is 0 Å². The van der Waals surface area contributed by atoms with Crippen LogP contribution in [0.25, 0.3) is 0 Å². The maximum Gasteiger partial charge on any atom is 0.251 e. The molecule has 126 valence electrons. The molecule has 0 spiro atoms. The molecule has 2 atom stereocenters. The summed E-state index contributed by atoms with van der Waals surface area (Å²) in [5, 5.41) is 2.99. The van der Waals surface area contributed by atoms with Crippen molar-refractivity contribution < 1.29 is 9.59 Å². The predicted octanol–water partition coefficient (Wildman–Crippen LogP) is 3.00. The van der Waals surface area contributed by atoms with Gasteiger partial charge in [0.1, 0.15) is 0 Å². The molecule has 24 heavy (non-hydrogen) atoms. The van der Waals surface area contributed by atoms with E-state index in [1.54, 1.807) is 31.3 Å². The number of hydrogen-bond donors (Lipinski definition) is 1. The SMILES string of the molecule is C#C[C@H]1CCC[C@@H](CNC(=O)c2ccc(N(C)C(=O)C=C)cc2)C1. The molecule has 4 heteroatoms. The average Bonchev–Trinajstić information content (AvgIpc) is 2.65. The number of carbonyl (C=O) groups is 2. The van der Waals surface area contributed by atoms with E-state index in [9.17, 15) is 9.59 Å². The normalized spacial score (nSPS) is 19.8. The van der Waals surface area contributed by atoms with Gasteiger partial charge in [0, 0.05) is 30.8 Å². The molecule has 0 saturated heterocycles. The summed E-state index contributed by atoms with van der Waals surface area (Å²) in [5.41, 5.74) is 1.31. The number of rotatable bonds is 5. The van der Waals surface area contributed by atoms with Crippen molar-refractivity contribution in [3.05, 3.63) is 42.5 Å². The molecule has 0 heterocycles. The van der Waals surface area contributed by atoms with Crippen molar-refractivity contribution >= 4 is 17.5 Å². The molecule has 0 bridgehead atoms. The largest absolute Gasteiger partial charge is 0.352 e. The molecule has 0 aromatic heterocycles. The molecule has 2 amide bonds. The average molecular weight is 324 g/mol. The maximum absolute atomic E-state index is 12.3. The minimum atomic E-state index is -0.187. The van der Waals surface area contributed by atoms with E-state index in [4.69, 9.17) is 6.42 Å². The Balaban J connectivity index is 1.90. The third-order valence-electron chi connectivity index (χ3n) is 4.59. The highest BCUT2D eigenvalue weighted by Crippen LogP contribution is 2.28. The smallest absolute Gasteiger partial charge is 0.251 e. The van der Waals surface area contributed by atoms with E-state index in [2.05, 4.69) is 17.8 Å².